The van der Waals surface area contributed by atoms with Crippen molar-refractivity contribution < 1.29 is 18.6 Å². The fourth-order valence-corrected chi connectivity index (χ4v) is 1.15. The SMILES string of the molecule is CCCCOc1cc(F)c(CO)c(F)c1. The van der Waals surface area contributed by atoms with Crippen LogP contribution in [0.4, 0.5) is 8.78 Å². The average Bonchev–Trinajstić information content (AvgIpc) is 2.18. The van der Waals surface area contributed by atoms with E-state index in [0.717, 1.165) is 25.0 Å². The maximum Gasteiger partial charge on any atom is 0.135 e. The molecule has 2 nitrogen and oxygen atoms in total. The lowest BCUT2D eigenvalue weighted by Crippen LogP contribution is -2.00. The van der Waals surface area contributed by atoms with Crippen LogP contribution in [0.2, 0.25) is 0 Å². The molecule has 1 aromatic rings. The van der Waals surface area contributed by atoms with Crippen molar-refractivity contribution in [2.24, 2.45) is 0 Å². The number of halogens is 2. The van der Waals surface area contributed by atoms with Crippen LogP contribution in [-0.4, -0.2) is 11.7 Å². The number of ether oxygens (including phenoxy) is 1. The van der Waals surface area contributed by atoms with Crippen LogP contribution in [0.25, 0.3) is 0 Å². The Kier molecular flexibility index (Phi) is 4.49. The molecule has 0 saturated carbocycles. The molecular formula is C11H14F2O2. The molecule has 0 aromatic heterocycles. The van der Waals surface area contributed by atoms with E-state index in [4.69, 9.17) is 9.84 Å². The van der Waals surface area contributed by atoms with Gasteiger partial charge in [-0.3, -0.25) is 0 Å². The van der Waals surface area contributed by atoms with Crippen LogP contribution in [0.1, 0.15) is 25.3 Å². The summed E-state index contributed by atoms with van der Waals surface area (Å²) in [6, 6.07) is 2.18. The average molecular weight is 216 g/mol. The number of rotatable bonds is 5. The summed E-state index contributed by atoms with van der Waals surface area (Å²) in [4.78, 5) is 0. The maximum atomic E-state index is 13.1. The van der Waals surface area contributed by atoms with E-state index in [1.807, 2.05) is 6.92 Å². The summed E-state index contributed by atoms with van der Waals surface area (Å²) in [5.74, 6) is -1.39. The Labute approximate surface area is 87.5 Å². The quantitative estimate of drug-likeness (QED) is 0.767. The molecule has 1 rings (SSSR count). The molecular weight excluding hydrogens is 202 g/mol. The van der Waals surface area contributed by atoms with Gasteiger partial charge in [0.1, 0.15) is 17.4 Å². The Morgan fingerprint density at radius 3 is 2.33 bits per heavy atom. The second-order valence-corrected chi connectivity index (χ2v) is 3.23. The Balaban J connectivity index is 2.75. The summed E-state index contributed by atoms with van der Waals surface area (Å²) in [5.41, 5.74) is -0.321. The van der Waals surface area contributed by atoms with Crippen molar-refractivity contribution in [3.8, 4) is 5.75 Å². The van der Waals surface area contributed by atoms with Crippen molar-refractivity contribution in [1.82, 2.24) is 0 Å². The van der Waals surface area contributed by atoms with E-state index in [9.17, 15) is 8.78 Å². The first kappa shape index (κ1) is 11.9. The molecule has 4 heteroatoms. The van der Waals surface area contributed by atoms with E-state index in [2.05, 4.69) is 0 Å². The number of aliphatic hydroxyl groups is 1. The lowest BCUT2D eigenvalue weighted by atomic mass is 10.2. The molecule has 0 radical (unpaired) electrons. The number of hydrogen-bond donors (Lipinski definition) is 1. The first-order valence-corrected chi connectivity index (χ1v) is 4.90. The minimum absolute atomic E-state index is 0.163. The van der Waals surface area contributed by atoms with Crippen molar-refractivity contribution in [3.05, 3.63) is 29.3 Å². The third-order valence-electron chi connectivity index (χ3n) is 2.04. The van der Waals surface area contributed by atoms with Crippen LogP contribution in [0.5, 0.6) is 5.75 Å². The third-order valence-corrected chi connectivity index (χ3v) is 2.04. The van der Waals surface area contributed by atoms with Gasteiger partial charge in [-0.25, -0.2) is 8.78 Å². The third kappa shape index (κ3) is 3.16. The van der Waals surface area contributed by atoms with Gasteiger partial charge in [0.15, 0.2) is 0 Å². The summed E-state index contributed by atoms with van der Waals surface area (Å²) in [5, 5.41) is 8.68. The first-order valence-electron chi connectivity index (χ1n) is 4.90. The van der Waals surface area contributed by atoms with Crippen LogP contribution in [0.3, 0.4) is 0 Å². The largest absolute Gasteiger partial charge is 0.493 e. The molecule has 0 atom stereocenters. The van der Waals surface area contributed by atoms with Crippen LogP contribution in [0.15, 0.2) is 12.1 Å². The van der Waals surface area contributed by atoms with E-state index < -0.39 is 18.2 Å². The van der Waals surface area contributed by atoms with E-state index in [1.54, 1.807) is 0 Å². The summed E-state index contributed by atoms with van der Waals surface area (Å²) >= 11 is 0. The molecule has 84 valence electrons. The summed E-state index contributed by atoms with van der Waals surface area (Å²) in [6.45, 7) is 1.79. The van der Waals surface area contributed by atoms with Gasteiger partial charge in [-0.05, 0) is 6.42 Å². The predicted octanol–water partition coefficient (Wildman–Crippen LogP) is 2.64. The zero-order valence-corrected chi connectivity index (χ0v) is 8.59. The van der Waals surface area contributed by atoms with Gasteiger partial charge >= 0.3 is 0 Å². The molecule has 1 N–H and O–H groups in total. The Bertz CT molecular complexity index is 303. The predicted molar refractivity (Wildman–Crippen MR) is 52.7 cm³/mol. The molecule has 0 saturated heterocycles. The zero-order valence-electron chi connectivity index (χ0n) is 8.59. The van der Waals surface area contributed by atoms with Crippen LogP contribution in [-0.2, 0) is 6.61 Å². The van der Waals surface area contributed by atoms with Gasteiger partial charge in [0.2, 0.25) is 0 Å². The Morgan fingerprint density at radius 2 is 1.87 bits per heavy atom. The van der Waals surface area contributed by atoms with Crippen LogP contribution < -0.4 is 4.74 Å². The number of aliphatic hydroxyl groups excluding tert-OH is 1. The molecule has 0 bridgehead atoms. The van der Waals surface area contributed by atoms with Gasteiger partial charge in [0.25, 0.3) is 0 Å². The zero-order chi connectivity index (χ0) is 11.3. The second-order valence-electron chi connectivity index (χ2n) is 3.23. The van der Waals surface area contributed by atoms with E-state index in [1.165, 1.54) is 0 Å². The van der Waals surface area contributed by atoms with Gasteiger partial charge in [-0.2, -0.15) is 0 Å². The highest BCUT2D eigenvalue weighted by atomic mass is 19.1. The van der Waals surface area contributed by atoms with Crippen LogP contribution in [0, 0.1) is 11.6 Å². The standard InChI is InChI=1S/C11H14F2O2/c1-2-3-4-15-8-5-10(12)9(7-14)11(13)6-8/h5-6,14H,2-4,7H2,1H3. The van der Waals surface area contributed by atoms with Crippen molar-refractivity contribution in [2.45, 2.75) is 26.4 Å². The van der Waals surface area contributed by atoms with Crippen molar-refractivity contribution in [1.29, 1.82) is 0 Å². The molecule has 1 aromatic carbocycles. The summed E-state index contributed by atoms with van der Waals surface area (Å²) in [6.07, 6.45) is 1.80. The highest BCUT2D eigenvalue weighted by Gasteiger charge is 2.10. The molecule has 0 fully saturated rings. The van der Waals surface area contributed by atoms with Gasteiger partial charge in [-0.1, -0.05) is 13.3 Å². The van der Waals surface area contributed by atoms with Crippen molar-refractivity contribution in [3.63, 3.8) is 0 Å². The van der Waals surface area contributed by atoms with E-state index >= 15 is 0 Å². The minimum atomic E-state index is -0.774. The topological polar surface area (TPSA) is 29.5 Å². The highest BCUT2D eigenvalue weighted by Crippen LogP contribution is 2.20. The van der Waals surface area contributed by atoms with Crippen molar-refractivity contribution >= 4 is 0 Å². The van der Waals surface area contributed by atoms with Gasteiger partial charge in [-0.15, -0.1) is 0 Å². The van der Waals surface area contributed by atoms with Gasteiger partial charge in [0, 0.05) is 17.7 Å². The van der Waals surface area contributed by atoms with Crippen molar-refractivity contribution in [2.75, 3.05) is 6.61 Å². The summed E-state index contributed by atoms with van der Waals surface area (Å²) < 4.78 is 31.4. The normalized spacial score (nSPS) is 10.4. The lowest BCUT2D eigenvalue weighted by molar-refractivity contribution is 0.266. The number of benzene rings is 1. The fraction of sp³-hybridized carbons (Fsp3) is 0.455. The molecule has 0 spiro atoms. The number of unbranched alkanes of at least 4 members (excludes halogenated alkanes) is 1. The molecule has 0 aliphatic rings. The smallest absolute Gasteiger partial charge is 0.135 e. The molecule has 0 aliphatic carbocycles. The maximum absolute atomic E-state index is 13.1. The molecule has 0 aliphatic heterocycles. The van der Waals surface area contributed by atoms with E-state index in [0.29, 0.717) is 6.61 Å². The Morgan fingerprint density at radius 1 is 1.27 bits per heavy atom. The number of hydrogen-bond acceptors (Lipinski definition) is 2. The minimum Gasteiger partial charge on any atom is -0.493 e. The first-order chi connectivity index (χ1) is 7.19. The Hall–Kier alpha value is -1.16. The van der Waals surface area contributed by atoms with Gasteiger partial charge in [0.05, 0.1) is 13.2 Å². The molecule has 15 heavy (non-hydrogen) atoms. The summed E-state index contributed by atoms with van der Waals surface area (Å²) in [7, 11) is 0. The monoisotopic (exact) mass is 216 g/mol. The molecule has 0 unspecified atom stereocenters. The second kappa shape index (κ2) is 5.66. The lowest BCUT2D eigenvalue weighted by Gasteiger charge is -2.07. The van der Waals surface area contributed by atoms with Gasteiger partial charge < -0.3 is 9.84 Å². The molecule has 0 heterocycles. The highest BCUT2D eigenvalue weighted by molar-refractivity contribution is 5.30. The van der Waals surface area contributed by atoms with E-state index in [-0.39, 0.29) is 11.3 Å². The van der Waals surface area contributed by atoms with Crippen LogP contribution >= 0.6 is 0 Å². The fourth-order valence-electron chi connectivity index (χ4n) is 1.15. The molecule has 0 amide bonds.